The first-order valence-corrected chi connectivity index (χ1v) is 5.97. The van der Waals surface area contributed by atoms with Gasteiger partial charge in [-0.2, -0.15) is 0 Å². The van der Waals surface area contributed by atoms with E-state index in [1.807, 2.05) is 11.4 Å². The van der Waals surface area contributed by atoms with Crippen LogP contribution >= 0.6 is 34.5 Å². The first kappa shape index (κ1) is 10.7. The Balaban J connectivity index is 2.11. The summed E-state index contributed by atoms with van der Waals surface area (Å²) in [7, 11) is 0. The van der Waals surface area contributed by atoms with Gasteiger partial charge in [0.1, 0.15) is 5.01 Å². The number of halogens is 2. The van der Waals surface area contributed by atoms with Gasteiger partial charge < -0.3 is 5.32 Å². The zero-order chi connectivity index (χ0) is 10.7. The summed E-state index contributed by atoms with van der Waals surface area (Å²) in [5, 5.41) is 7.36. The number of nitrogens with zero attached hydrogens (tertiary/aromatic N) is 1. The van der Waals surface area contributed by atoms with Crippen molar-refractivity contribution in [2.75, 3.05) is 5.32 Å². The van der Waals surface area contributed by atoms with Gasteiger partial charge in [-0.1, -0.05) is 29.3 Å². The van der Waals surface area contributed by atoms with Gasteiger partial charge in [0, 0.05) is 11.6 Å². The monoisotopic (exact) mass is 258 g/mol. The summed E-state index contributed by atoms with van der Waals surface area (Å²) in [6, 6.07) is 5.43. The van der Waals surface area contributed by atoms with Gasteiger partial charge in [0.2, 0.25) is 0 Å². The molecule has 0 aliphatic heterocycles. The summed E-state index contributed by atoms with van der Waals surface area (Å²) in [4.78, 5) is 4.16. The third-order valence-electron chi connectivity index (χ3n) is 1.86. The number of nitrogens with one attached hydrogen (secondary N) is 1. The molecule has 2 nitrogen and oxygen atoms in total. The third kappa shape index (κ3) is 2.62. The first-order valence-electron chi connectivity index (χ1n) is 4.33. The van der Waals surface area contributed by atoms with Gasteiger partial charge in [0.15, 0.2) is 0 Å². The molecule has 0 saturated heterocycles. The minimum Gasteiger partial charge on any atom is -0.376 e. The zero-order valence-electron chi connectivity index (χ0n) is 7.71. The van der Waals surface area contributed by atoms with Gasteiger partial charge >= 0.3 is 0 Å². The van der Waals surface area contributed by atoms with Crippen LogP contribution in [-0.4, -0.2) is 4.98 Å². The average molecular weight is 259 g/mol. The molecule has 78 valence electrons. The molecule has 0 fully saturated rings. The van der Waals surface area contributed by atoms with Crippen molar-refractivity contribution in [3.63, 3.8) is 0 Å². The largest absolute Gasteiger partial charge is 0.376 e. The molecule has 0 aliphatic carbocycles. The highest BCUT2D eigenvalue weighted by Gasteiger charge is 2.04. The van der Waals surface area contributed by atoms with Crippen LogP contribution in [0, 0.1) is 0 Å². The van der Waals surface area contributed by atoms with Crippen LogP contribution in [0.2, 0.25) is 10.0 Å². The second-order valence-corrected chi connectivity index (χ2v) is 4.67. The second kappa shape index (κ2) is 4.84. The number of benzene rings is 1. The van der Waals surface area contributed by atoms with Crippen molar-refractivity contribution in [1.82, 2.24) is 4.98 Å². The maximum absolute atomic E-state index is 6.01. The lowest BCUT2D eigenvalue weighted by atomic mass is 10.3. The normalized spacial score (nSPS) is 10.3. The van der Waals surface area contributed by atoms with Crippen LogP contribution in [0.15, 0.2) is 29.8 Å². The Morgan fingerprint density at radius 3 is 2.60 bits per heavy atom. The Kier molecular flexibility index (Phi) is 3.46. The van der Waals surface area contributed by atoms with Crippen molar-refractivity contribution in [3.05, 3.63) is 44.8 Å². The molecule has 0 aliphatic rings. The lowest BCUT2D eigenvalue weighted by Crippen LogP contribution is -1.99. The molecule has 0 unspecified atom stereocenters. The van der Waals surface area contributed by atoms with Crippen molar-refractivity contribution in [3.8, 4) is 0 Å². The van der Waals surface area contributed by atoms with Crippen molar-refractivity contribution in [1.29, 1.82) is 0 Å². The number of aromatic nitrogens is 1. The molecule has 0 spiro atoms. The molecule has 2 aromatic rings. The fourth-order valence-corrected chi connectivity index (χ4v) is 2.26. The van der Waals surface area contributed by atoms with E-state index in [1.54, 1.807) is 29.7 Å². The minimum absolute atomic E-state index is 0.624. The Morgan fingerprint density at radius 1 is 1.27 bits per heavy atom. The fourth-order valence-electron chi connectivity index (χ4n) is 1.17. The summed E-state index contributed by atoms with van der Waals surface area (Å²) in [6.07, 6.45) is 1.77. The van der Waals surface area contributed by atoms with E-state index in [2.05, 4.69) is 10.3 Å². The number of para-hydroxylation sites is 1. The molecule has 1 aromatic carbocycles. The zero-order valence-corrected chi connectivity index (χ0v) is 10.0. The topological polar surface area (TPSA) is 24.9 Å². The van der Waals surface area contributed by atoms with Gasteiger partial charge in [0.05, 0.1) is 22.3 Å². The summed E-state index contributed by atoms with van der Waals surface area (Å²) in [6.45, 7) is 0.640. The van der Waals surface area contributed by atoms with Crippen LogP contribution in [0.1, 0.15) is 5.01 Å². The molecule has 0 atom stereocenters. The van der Waals surface area contributed by atoms with Crippen molar-refractivity contribution < 1.29 is 0 Å². The maximum atomic E-state index is 6.01. The third-order valence-corrected chi connectivity index (χ3v) is 3.27. The molecule has 0 saturated carbocycles. The predicted molar refractivity (Wildman–Crippen MR) is 65.9 cm³/mol. The maximum Gasteiger partial charge on any atom is 0.112 e. The van der Waals surface area contributed by atoms with Crippen molar-refractivity contribution in [2.24, 2.45) is 0 Å². The first-order chi connectivity index (χ1) is 7.27. The van der Waals surface area contributed by atoms with Crippen LogP contribution in [0.5, 0.6) is 0 Å². The van der Waals surface area contributed by atoms with Crippen LogP contribution in [0.4, 0.5) is 5.69 Å². The molecule has 0 radical (unpaired) electrons. The van der Waals surface area contributed by atoms with Gasteiger partial charge in [-0.3, -0.25) is 0 Å². The molecule has 5 heteroatoms. The van der Waals surface area contributed by atoms with Crippen LogP contribution in [0.25, 0.3) is 0 Å². The molecule has 0 amide bonds. The van der Waals surface area contributed by atoms with E-state index in [9.17, 15) is 0 Å². The molecular weight excluding hydrogens is 251 g/mol. The SMILES string of the molecule is Clc1cccc(Cl)c1NCc1nccs1. The Hall–Kier alpha value is -0.770. The highest BCUT2D eigenvalue weighted by atomic mass is 35.5. The van der Waals surface area contributed by atoms with Crippen LogP contribution in [-0.2, 0) is 6.54 Å². The number of hydrogen-bond donors (Lipinski definition) is 1. The summed E-state index contributed by atoms with van der Waals surface area (Å²) < 4.78 is 0. The molecule has 1 heterocycles. The van der Waals surface area contributed by atoms with Crippen LogP contribution in [0.3, 0.4) is 0 Å². The molecule has 15 heavy (non-hydrogen) atoms. The quantitative estimate of drug-likeness (QED) is 0.898. The summed E-state index contributed by atoms with van der Waals surface area (Å²) in [5.74, 6) is 0. The lowest BCUT2D eigenvalue weighted by molar-refractivity contribution is 1.10. The number of anilines is 1. The highest BCUT2D eigenvalue weighted by molar-refractivity contribution is 7.09. The smallest absolute Gasteiger partial charge is 0.112 e. The fraction of sp³-hybridized carbons (Fsp3) is 0.100. The van der Waals surface area contributed by atoms with Crippen molar-refractivity contribution >= 4 is 40.2 Å². The highest BCUT2D eigenvalue weighted by Crippen LogP contribution is 2.30. The van der Waals surface area contributed by atoms with E-state index in [0.29, 0.717) is 16.6 Å². The van der Waals surface area contributed by atoms with Gasteiger partial charge in [-0.25, -0.2) is 4.98 Å². The average Bonchev–Trinajstić information content (AvgIpc) is 2.70. The van der Waals surface area contributed by atoms with E-state index in [0.717, 1.165) is 10.7 Å². The Bertz CT molecular complexity index is 422. The standard InChI is InChI=1S/C10H8Cl2N2S/c11-7-2-1-3-8(12)10(7)14-6-9-13-4-5-15-9/h1-5,14H,6H2. The number of thiazole rings is 1. The Labute approximate surface area is 102 Å². The second-order valence-electron chi connectivity index (χ2n) is 2.88. The van der Waals surface area contributed by atoms with E-state index < -0.39 is 0 Å². The molecular formula is C10H8Cl2N2S. The van der Waals surface area contributed by atoms with E-state index in [-0.39, 0.29) is 0 Å². The van der Waals surface area contributed by atoms with E-state index in [1.165, 1.54) is 0 Å². The van der Waals surface area contributed by atoms with Crippen LogP contribution < -0.4 is 5.32 Å². The number of hydrogen-bond acceptors (Lipinski definition) is 3. The van der Waals surface area contributed by atoms with E-state index >= 15 is 0 Å². The minimum atomic E-state index is 0.624. The van der Waals surface area contributed by atoms with Gasteiger partial charge in [0.25, 0.3) is 0 Å². The molecule has 0 bridgehead atoms. The Morgan fingerprint density at radius 2 is 2.00 bits per heavy atom. The summed E-state index contributed by atoms with van der Waals surface area (Å²) in [5.41, 5.74) is 0.760. The van der Waals surface area contributed by atoms with Crippen molar-refractivity contribution in [2.45, 2.75) is 6.54 Å². The predicted octanol–water partition coefficient (Wildman–Crippen LogP) is 4.06. The van der Waals surface area contributed by atoms with Gasteiger partial charge in [-0.15, -0.1) is 11.3 Å². The summed E-state index contributed by atoms with van der Waals surface area (Å²) >= 11 is 13.6. The molecule has 1 aromatic heterocycles. The van der Waals surface area contributed by atoms with Gasteiger partial charge in [-0.05, 0) is 12.1 Å². The van der Waals surface area contributed by atoms with E-state index in [4.69, 9.17) is 23.2 Å². The molecule has 2 rings (SSSR count). The lowest BCUT2D eigenvalue weighted by Gasteiger charge is -2.08. The number of rotatable bonds is 3. The molecule has 1 N–H and O–H groups in total.